The summed E-state index contributed by atoms with van der Waals surface area (Å²) in [6.07, 6.45) is -1.35. The first-order chi connectivity index (χ1) is 62.9. The van der Waals surface area contributed by atoms with Crippen molar-refractivity contribution in [1.82, 2.24) is 79.4 Å². The van der Waals surface area contributed by atoms with Gasteiger partial charge in [-0.25, -0.2) is 0 Å². The van der Waals surface area contributed by atoms with Crippen molar-refractivity contribution in [2.24, 2.45) is 34.6 Å². The molecule has 0 aliphatic carbocycles. The number of aromatic amines is 1. The van der Waals surface area contributed by atoms with Gasteiger partial charge in [-0.2, -0.15) is 0 Å². The molecule has 0 spiro atoms. The summed E-state index contributed by atoms with van der Waals surface area (Å²) in [7, 11) is 1.86. The van der Waals surface area contributed by atoms with Gasteiger partial charge in [0, 0.05) is 86.3 Å². The quantitative estimate of drug-likeness (QED) is 0.0193. The van der Waals surface area contributed by atoms with Crippen LogP contribution in [0.15, 0.2) is 91.1 Å². The number of unbranched alkanes of at least 4 members (excludes halogenated alkanes) is 3. The molecule has 6 rings (SSSR count). The molecule has 1 aliphatic heterocycles. The molecule has 41 heteroatoms. The van der Waals surface area contributed by atoms with Crippen molar-refractivity contribution in [3.63, 3.8) is 0 Å². The third kappa shape index (κ3) is 35.8. The van der Waals surface area contributed by atoms with Gasteiger partial charge in [0.25, 0.3) is 0 Å². The van der Waals surface area contributed by atoms with Crippen LogP contribution >= 0.6 is 21.6 Å². The second-order valence-corrected chi connectivity index (χ2v) is 40.0. The Bertz CT molecular complexity index is 4970. The zero-order chi connectivity index (χ0) is 99.7. The van der Waals surface area contributed by atoms with E-state index >= 15 is 38.4 Å². The highest BCUT2D eigenvalue weighted by Gasteiger charge is 2.48. The summed E-state index contributed by atoms with van der Waals surface area (Å²) in [5.74, 6) is -15.3. The summed E-state index contributed by atoms with van der Waals surface area (Å²) in [6, 6.07) is 6.28. The van der Waals surface area contributed by atoms with Crippen molar-refractivity contribution < 1.29 is 91.0 Å². The third-order valence-electron chi connectivity index (χ3n) is 22.3. The Morgan fingerprint density at radius 3 is 1.73 bits per heavy atom. The smallest absolute Gasteiger partial charge is 0.246 e. The zero-order valence-corrected chi connectivity index (χ0v) is 80.9. The molecule has 4 aromatic carbocycles. The monoisotopic (exact) mass is 1900 g/mol. The fourth-order valence-corrected chi connectivity index (χ4v) is 18.0. The van der Waals surface area contributed by atoms with Gasteiger partial charge in [0.1, 0.15) is 84.4 Å². The summed E-state index contributed by atoms with van der Waals surface area (Å²) >= 11 is 0. The molecule has 0 saturated carbocycles. The Hall–Kier alpha value is -11.9. The average Bonchev–Trinajstić information content (AvgIpc) is 1.44. The predicted octanol–water partition coefficient (Wildman–Crippen LogP) is 1.40. The van der Waals surface area contributed by atoms with Gasteiger partial charge in [0.05, 0.1) is 24.5 Å². The van der Waals surface area contributed by atoms with Crippen LogP contribution < -0.4 is 108 Å². The highest BCUT2D eigenvalue weighted by Crippen LogP contribution is 2.47. The molecule has 0 radical (unpaired) electrons. The van der Waals surface area contributed by atoms with Crippen LogP contribution in [0.5, 0.6) is 5.75 Å². The van der Waals surface area contributed by atoms with Crippen molar-refractivity contribution in [1.29, 1.82) is 0 Å². The SMILES string of the molecule is CC(=O)NCCCC[C@@H]1NC(=O)[C@H](Cc2c[nH]c3c(C)cccc23)NC(=O)[C@H]([C@@H](C)OC(C)(C)C)NC(=O)[C@H](CC(N)=O)NC(=O)[C@@H](NC(C)=O)C(C)(C)SSC(C)(C)[C@@H](C(=O)N[C@@H](Cc2ccc(OCCN)cc2)C(=O)N[C@@H](Cc2ccc3ccccc3c2)C(=O)N[C@@](C)(CCCCN)C(=O)N[C@@H](CCCCNC(C)=O)C(=O)N[C@@H](CC(N)=O)C(=O)N[C@H](CC(C)C)C(N)=O)NC1=O. The Morgan fingerprint density at radius 1 is 0.545 bits per heavy atom. The van der Waals surface area contributed by atoms with Gasteiger partial charge in [-0.3, -0.25) is 81.5 Å². The maximum Gasteiger partial charge on any atom is 0.246 e. The minimum atomic E-state index is -2.02. The molecular formula is C93H138N20O19S2. The number of para-hydroxylation sites is 1. The maximum absolute atomic E-state index is 16.5. The molecule has 5 aromatic rings. The molecule has 0 unspecified atom stereocenters. The van der Waals surface area contributed by atoms with Crippen molar-refractivity contribution in [2.45, 2.75) is 293 Å². The molecular weight excluding hydrogens is 1770 g/mol. The fourth-order valence-electron chi connectivity index (χ4n) is 15.2. The summed E-state index contributed by atoms with van der Waals surface area (Å²) in [4.78, 5) is 249. The Kier molecular flexibility index (Phi) is 43.0. The number of fused-ring (bicyclic) bond motifs is 2. The minimum Gasteiger partial charge on any atom is -0.492 e. The van der Waals surface area contributed by atoms with E-state index in [9.17, 15) is 43.2 Å². The number of nitrogens with one attached hydrogen (secondary N) is 15. The lowest BCUT2D eigenvalue weighted by molar-refractivity contribution is -0.141. The number of primary amides is 3. The number of amides is 17. The van der Waals surface area contributed by atoms with Gasteiger partial charge in [-0.15, -0.1) is 0 Å². The Morgan fingerprint density at radius 2 is 1.12 bits per heavy atom. The minimum absolute atomic E-state index is 0.0869. The van der Waals surface area contributed by atoms with Gasteiger partial charge < -0.3 is 118 Å². The van der Waals surface area contributed by atoms with Gasteiger partial charge in [-0.1, -0.05) is 108 Å². The first-order valence-corrected chi connectivity index (χ1v) is 47.3. The molecule has 1 aliphatic rings. The highest BCUT2D eigenvalue weighted by molar-refractivity contribution is 8.77. The molecule has 0 bridgehead atoms. The number of hydrogen-bond donors (Lipinski definition) is 20. The molecule has 25 N–H and O–H groups in total. The number of nitrogens with two attached hydrogens (primary N) is 5. The van der Waals surface area contributed by atoms with E-state index in [1.54, 1.807) is 129 Å². The van der Waals surface area contributed by atoms with Crippen LogP contribution in [-0.2, 0) is 106 Å². The average molecular weight is 1900 g/mol. The van der Waals surface area contributed by atoms with E-state index in [0.29, 0.717) is 39.8 Å². The van der Waals surface area contributed by atoms with Gasteiger partial charge in [-0.05, 0) is 191 Å². The number of hydrogen-bond acceptors (Lipinski definition) is 23. The van der Waals surface area contributed by atoms with Crippen molar-refractivity contribution in [3.8, 4) is 5.75 Å². The van der Waals surface area contributed by atoms with Crippen molar-refractivity contribution in [3.05, 3.63) is 113 Å². The number of aryl methyl sites for hydroxylation is 1. The summed E-state index contributed by atoms with van der Waals surface area (Å²) in [5, 5.41) is 40.4. The fraction of sp³-hybridized carbons (Fsp3) is 0.559. The number of carbonyl (C=O) groups is 17. The Labute approximate surface area is 789 Å². The zero-order valence-electron chi connectivity index (χ0n) is 79.3. The first kappa shape index (κ1) is 111. The maximum atomic E-state index is 16.5. The molecule has 736 valence electrons. The summed E-state index contributed by atoms with van der Waals surface area (Å²) in [5.41, 5.74) is 28.8. The normalized spacial score (nSPS) is 19.2. The van der Waals surface area contributed by atoms with E-state index in [0.717, 1.165) is 44.8 Å². The topological polar surface area (TPSA) is 623 Å². The predicted molar refractivity (Wildman–Crippen MR) is 510 cm³/mol. The van der Waals surface area contributed by atoms with Crippen LogP contribution in [0.25, 0.3) is 21.7 Å². The van der Waals surface area contributed by atoms with E-state index in [1.807, 2.05) is 31.2 Å². The van der Waals surface area contributed by atoms with E-state index in [2.05, 4.69) is 79.4 Å². The lowest BCUT2D eigenvalue weighted by Gasteiger charge is -2.39. The van der Waals surface area contributed by atoms with E-state index in [-0.39, 0.29) is 128 Å². The van der Waals surface area contributed by atoms with Crippen LogP contribution in [0.1, 0.15) is 196 Å². The second kappa shape index (κ2) is 52.1. The van der Waals surface area contributed by atoms with Crippen molar-refractivity contribution >= 4 is 144 Å². The van der Waals surface area contributed by atoms with Gasteiger partial charge >= 0.3 is 0 Å². The van der Waals surface area contributed by atoms with E-state index < -0.39 is 195 Å². The molecule has 1 aromatic heterocycles. The lowest BCUT2D eigenvalue weighted by atomic mass is 9.91. The number of rotatable bonds is 45. The van der Waals surface area contributed by atoms with E-state index in [1.165, 1.54) is 27.7 Å². The number of H-pyrrole nitrogens is 1. The number of aromatic nitrogens is 1. The largest absolute Gasteiger partial charge is 0.492 e. The number of ether oxygens (including phenoxy) is 2. The van der Waals surface area contributed by atoms with Gasteiger partial charge in [0.15, 0.2) is 0 Å². The molecule has 134 heavy (non-hydrogen) atoms. The molecule has 17 amide bonds. The highest BCUT2D eigenvalue weighted by atomic mass is 33.1. The summed E-state index contributed by atoms with van der Waals surface area (Å²) in [6.45, 7) is 24.0. The van der Waals surface area contributed by atoms with Crippen molar-refractivity contribution in [2.75, 3.05) is 32.8 Å². The lowest BCUT2D eigenvalue weighted by Crippen LogP contribution is -2.65. The van der Waals surface area contributed by atoms with Crippen LogP contribution in [0.3, 0.4) is 0 Å². The number of benzene rings is 4. The third-order valence-corrected chi connectivity index (χ3v) is 26.5. The first-order valence-electron chi connectivity index (χ1n) is 45.1. The second-order valence-electron chi connectivity index (χ2n) is 36.6. The molecule has 2 heterocycles. The molecule has 39 nitrogen and oxygen atoms in total. The van der Waals surface area contributed by atoms with Crippen LogP contribution in [0, 0.1) is 12.8 Å². The van der Waals surface area contributed by atoms with Gasteiger partial charge in [0.2, 0.25) is 100 Å². The summed E-state index contributed by atoms with van der Waals surface area (Å²) < 4.78 is 8.91. The standard InChI is InChI=1S/C93H138N20O19S2/c1-51(2)43-66(78(98)119)104-83(124)70(48-72(96)117)106-79(120)65(30-19-23-41-100-55(6)115)110-89(130)93(15,37-20-21-38-94)113-85(126)68(46-58-31-34-59-26-16-17-27-60(59)44-58)105-81(122)67(45-57-32-35-62(36-33-57)131-42-39-95)108-88(129)77-92(13,14)134-133-91(11,12)76(102-56(7)116)87(128)109-71(49-73(97)118)84(125)111-75(53(4)132-90(8,9)10)86(127)107-69(47-61-50-101-74-52(3)25-24-28-63(61)74)82(123)103-64(80(121)112-77)29-18-22-40-99-54(5)114/h16-17,24-28,31-36,44,50-51,53,64-71,75-77,101H,18-23,29-30,37-43,45-49,94-95H2,1-15H3,(H2,96,117)(H2,97,118)(H2,98,119)(H,99,114)(H,100,115)(H,102,116)(H,103,123)(H,104,124)(H,105,122)(H,106,120)(H,107,127)(H,108,129)(H,109,128)(H,110,130)(H,111,125)(H,112,121)(H,113,126)/t53-,64+,65+,66-,67+,68+,69+,70+,71+,75+,76-,77-,93+/m1/s1. The van der Waals surface area contributed by atoms with Crippen LogP contribution in [0.2, 0.25) is 0 Å². The molecule has 1 fully saturated rings. The van der Waals surface area contributed by atoms with Crippen LogP contribution in [0.4, 0.5) is 0 Å². The molecule has 13 atom stereocenters. The Balaban J connectivity index is 1.56. The number of carbonyl (C=O) groups excluding carboxylic acids is 17. The van der Waals surface area contributed by atoms with Crippen LogP contribution in [-0.4, -0.2) is 231 Å². The van der Waals surface area contributed by atoms with E-state index in [4.69, 9.17) is 38.1 Å². The molecule has 1 saturated heterocycles.